The van der Waals surface area contributed by atoms with E-state index in [0.29, 0.717) is 46.0 Å². The highest BCUT2D eigenvalue weighted by Crippen LogP contribution is 2.51. The third-order valence-corrected chi connectivity index (χ3v) is 7.83. The zero-order valence-corrected chi connectivity index (χ0v) is 21.3. The van der Waals surface area contributed by atoms with Crippen molar-refractivity contribution in [2.24, 2.45) is 11.3 Å². The summed E-state index contributed by atoms with van der Waals surface area (Å²) in [6, 6.07) is 5.78. The van der Waals surface area contributed by atoms with Crippen LogP contribution in [0.5, 0.6) is 0 Å². The van der Waals surface area contributed by atoms with Gasteiger partial charge >= 0.3 is 12.1 Å². The minimum Gasteiger partial charge on any atom is -0.469 e. The minimum atomic E-state index is -4.61. The summed E-state index contributed by atoms with van der Waals surface area (Å²) in [5.41, 5.74) is -1.26. The van der Waals surface area contributed by atoms with Crippen molar-refractivity contribution in [1.29, 1.82) is 0 Å². The summed E-state index contributed by atoms with van der Waals surface area (Å²) in [7, 11) is 1.36. The molecule has 0 radical (unpaired) electrons. The molecule has 1 aliphatic rings. The van der Waals surface area contributed by atoms with Crippen LogP contribution in [0.2, 0.25) is 0 Å². The fourth-order valence-electron chi connectivity index (χ4n) is 4.83. The zero-order valence-electron chi connectivity index (χ0n) is 20.5. The number of aliphatic hydroxyl groups excluding tert-OH is 1. The van der Waals surface area contributed by atoms with Gasteiger partial charge in [0, 0.05) is 18.1 Å². The lowest BCUT2D eigenvalue weighted by molar-refractivity contribution is -0.157. The lowest BCUT2D eigenvalue weighted by Crippen LogP contribution is -2.45. The normalized spacial score (nSPS) is 21.5. The Hall–Kier alpha value is -3.09. The first-order chi connectivity index (χ1) is 17.3. The van der Waals surface area contributed by atoms with Crippen LogP contribution < -0.4 is 5.32 Å². The van der Waals surface area contributed by atoms with Crippen LogP contribution in [0.15, 0.2) is 36.7 Å². The fourth-order valence-corrected chi connectivity index (χ4v) is 5.85. The Kier molecular flexibility index (Phi) is 7.28. The van der Waals surface area contributed by atoms with Crippen LogP contribution in [0, 0.1) is 11.3 Å². The number of carbonyl (C=O) groups excluding carboxylic acids is 1. The van der Waals surface area contributed by atoms with Crippen LogP contribution in [0.1, 0.15) is 49.4 Å². The maximum Gasteiger partial charge on any atom is 0.433 e. The van der Waals surface area contributed by atoms with Crippen molar-refractivity contribution in [3.63, 3.8) is 0 Å². The van der Waals surface area contributed by atoms with Crippen molar-refractivity contribution < 1.29 is 32.9 Å². The largest absolute Gasteiger partial charge is 0.469 e. The molecule has 1 fully saturated rings. The first-order valence-electron chi connectivity index (χ1n) is 11.5. The summed E-state index contributed by atoms with van der Waals surface area (Å²) >= 11 is 1.28. The molecule has 12 heteroatoms. The standard InChI is InChI=1S/C25H27F3N4O4S/c1-23(2)13-24(35,6-4-17(23)20(34)36-3)21-30-11-18(37-21)15-8-14(12-33)9-16(10-15)31-22-29-7-5-19(32-22)25(26,27)28/h5,7-11,17,33,35H,4,6,12-13H2,1-3H3,(H,29,31,32)/t17-,24-/m1/s1. The van der Waals surface area contributed by atoms with Crippen molar-refractivity contribution >= 4 is 28.9 Å². The van der Waals surface area contributed by atoms with E-state index in [1.54, 1.807) is 24.4 Å². The van der Waals surface area contributed by atoms with E-state index in [1.807, 2.05) is 13.8 Å². The first-order valence-corrected chi connectivity index (χ1v) is 12.4. The molecule has 3 N–H and O–H groups in total. The third-order valence-electron chi connectivity index (χ3n) is 6.59. The summed E-state index contributed by atoms with van der Waals surface area (Å²) in [6.45, 7) is 3.54. The third kappa shape index (κ3) is 5.76. The van der Waals surface area contributed by atoms with Gasteiger partial charge in [0.25, 0.3) is 0 Å². The number of thiazole rings is 1. The predicted octanol–water partition coefficient (Wildman–Crippen LogP) is 5.04. The second-order valence-corrected chi connectivity index (χ2v) is 10.8. The van der Waals surface area contributed by atoms with Gasteiger partial charge in [-0.15, -0.1) is 11.3 Å². The second kappa shape index (κ2) is 9.99. The summed E-state index contributed by atoms with van der Waals surface area (Å²) < 4.78 is 44.0. The Labute approximate surface area is 215 Å². The number of benzene rings is 1. The number of nitrogens with zero attached hydrogens (tertiary/aromatic N) is 3. The van der Waals surface area contributed by atoms with E-state index in [1.165, 1.54) is 18.4 Å². The van der Waals surface area contributed by atoms with Crippen LogP contribution >= 0.6 is 11.3 Å². The van der Waals surface area contributed by atoms with Crippen molar-refractivity contribution in [2.75, 3.05) is 12.4 Å². The van der Waals surface area contributed by atoms with E-state index < -0.39 is 22.9 Å². The number of anilines is 2. The van der Waals surface area contributed by atoms with Crippen LogP contribution in [0.4, 0.5) is 24.8 Å². The number of aromatic nitrogens is 3. The maximum absolute atomic E-state index is 13.0. The molecule has 2 atom stereocenters. The summed E-state index contributed by atoms with van der Waals surface area (Å²) in [4.78, 5) is 24.8. The molecule has 1 saturated carbocycles. The number of esters is 1. The van der Waals surface area contributed by atoms with E-state index in [2.05, 4.69) is 20.3 Å². The fraction of sp³-hybridized carbons (Fsp3) is 0.440. The molecule has 0 spiro atoms. The molecule has 0 unspecified atom stereocenters. The zero-order chi connectivity index (χ0) is 27.0. The van der Waals surface area contributed by atoms with Gasteiger partial charge in [0.05, 0.1) is 24.5 Å². The number of aliphatic hydroxyl groups is 2. The molecule has 2 aromatic heterocycles. The quantitative estimate of drug-likeness (QED) is 0.375. The maximum atomic E-state index is 13.0. The molecule has 1 aliphatic carbocycles. The Balaban J connectivity index is 1.61. The first kappa shape index (κ1) is 27.0. The Bertz CT molecular complexity index is 1300. The number of hydrogen-bond acceptors (Lipinski definition) is 9. The lowest BCUT2D eigenvalue weighted by atomic mass is 9.63. The summed E-state index contributed by atoms with van der Waals surface area (Å²) in [5, 5.41) is 24.5. The molecule has 0 bridgehead atoms. The molecule has 8 nitrogen and oxygen atoms in total. The molecule has 2 heterocycles. The van der Waals surface area contributed by atoms with Crippen LogP contribution in [-0.2, 0) is 27.9 Å². The number of ether oxygens (including phenoxy) is 1. The Morgan fingerprint density at radius 1 is 1.27 bits per heavy atom. The van der Waals surface area contributed by atoms with Gasteiger partial charge in [-0.05, 0) is 60.1 Å². The number of halogens is 3. The SMILES string of the molecule is COC(=O)[C@H]1CC[C@](O)(c2ncc(-c3cc(CO)cc(Nc4nccc(C(F)(F)F)n4)c3)s2)CC1(C)C. The topological polar surface area (TPSA) is 117 Å². The molecule has 37 heavy (non-hydrogen) atoms. The lowest BCUT2D eigenvalue weighted by Gasteiger charge is -2.44. The van der Waals surface area contributed by atoms with Gasteiger partial charge in [0.1, 0.15) is 16.3 Å². The van der Waals surface area contributed by atoms with E-state index in [9.17, 15) is 28.2 Å². The van der Waals surface area contributed by atoms with Crippen molar-refractivity contribution in [1.82, 2.24) is 15.0 Å². The van der Waals surface area contributed by atoms with Crippen molar-refractivity contribution in [3.05, 3.63) is 52.9 Å². The number of rotatable bonds is 6. The molecule has 4 rings (SSSR count). The van der Waals surface area contributed by atoms with Gasteiger partial charge in [-0.25, -0.2) is 15.0 Å². The summed E-state index contributed by atoms with van der Waals surface area (Å²) in [6.07, 6.45) is -0.861. The molecule has 1 aromatic carbocycles. The molecule has 198 valence electrons. The summed E-state index contributed by atoms with van der Waals surface area (Å²) in [5.74, 6) is -0.859. The second-order valence-electron chi connectivity index (χ2n) is 9.81. The predicted molar refractivity (Wildman–Crippen MR) is 131 cm³/mol. The molecular weight excluding hydrogens is 509 g/mol. The number of nitrogens with one attached hydrogen (secondary N) is 1. The van der Waals surface area contributed by atoms with Crippen LogP contribution in [0.25, 0.3) is 10.4 Å². The molecular formula is C25H27F3N4O4S. The van der Waals surface area contributed by atoms with Crippen LogP contribution in [-0.4, -0.2) is 38.2 Å². The van der Waals surface area contributed by atoms with E-state index in [4.69, 9.17) is 4.74 Å². The van der Waals surface area contributed by atoms with Crippen molar-refractivity contribution in [3.8, 4) is 10.4 Å². The van der Waals surface area contributed by atoms with Gasteiger partial charge in [-0.1, -0.05) is 13.8 Å². The number of methoxy groups -OCH3 is 1. The van der Waals surface area contributed by atoms with Gasteiger partial charge in [-0.2, -0.15) is 13.2 Å². The highest BCUT2D eigenvalue weighted by molar-refractivity contribution is 7.15. The average Bonchev–Trinajstić information content (AvgIpc) is 3.34. The Morgan fingerprint density at radius 3 is 2.68 bits per heavy atom. The Morgan fingerprint density at radius 2 is 2.03 bits per heavy atom. The van der Waals surface area contributed by atoms with Gasteiger partial charge in [0.15, 0.2) is 0 Å². The van der Waals surface area contributed by atoms with Gasteiger partial charge in [-0.3, -0.25) is 4.79 Å². The number of alkyl halides is 3. The number of carbonyl (C=O) groups is 1. The van der Waals surface area contributed by atoms with Crippen LogP contribution in [0.3, 0.4) is 0 Å². The molecule has 3 aromatic rings. The van der Waals surface area contributed by atoms with E-state index >= 15 is 0 Å². The smallest absolute Gasteiger partial charge is 0.433 e. The van der Waals surface area contributed by atoms with E-state index in [-0.39, 0.29) is 24.4 Å². The number of hydrogen-bond donors (Lipinski definition) is 3. The highest BCUT2D eigenvalue weighted by atomic mass is 32.1. The highest BCUT2D eigenvalue weighted by Gasteiger charge is 2.49. The van der Waals surface area contributed by atoms with Gasteiger partial charge in [0.2, 0.25) is 5.95 Å². The van der Waals surface area contributed by atoms with E-state index in [0.717, 1.165) is 12.3 Å². The molecule has 0 saturated heterocycles. The molecule has 0 aliphatic heterocycles. The van der Waals surface area contributed by atoms with Crippen molar-refractivity contribution in [2.45, 2.75) is 51.5 Å². The minimum absolute atomic E-state index is 0.236. The average molecular weight is 537 g/mol. The molecule has 0 amide bonds. The monoisotopic (exact) mass is 536 g/mol. The van der Waals surface area contributed by atoms with Gasteiger partial charge < -0.3 is 20.3 Å².